The highest BCUT2D eigenvalue weighted by Crippen LogP contribution is 2.38. The fourth-order valence-corrected chi connectivity index (χ4v) is 10.8. The SMILES string of the molecule is CCC1C[C@H](C)[C@@](O)(C(C)C(O)C(C)CCC(O)C(C)CC/C=C/C=C(\C)[C@@H]2C/C=C/C=C/[C@H](O)C(C)C(O)C(CCC(C)=O)C(=O)NC(C(C)C)C(=O)NC(Cc3ccc(C)c(O)c3)C(=O)N3CCCC(N3)C(=O)O2)NC1=O. The van der Waals surface area contributed by atoms with E-state index in [0.717, 1.165) is 0 Å². The van der Waals surface area contributed by atoms with E-state index in [1.54, 1.807) is 65.0 Å². The second kappa shape index (κ2) is 31.1. The third-order valence-electron chi connectivity index (χ3n) is 16.8. The van der Waals surface area contributed by atoms with Crippen LogP contribution in [0.25, 0.3) is 0 Å². The number of carbonyl (C=O) groups excluding carboxylic acids is 6. The summed E-state index contributed by atoms with van der Waals surface area (Å²) in [6, 6.07) is 1.56. The molecule has 0 spiro atoms. The number of aliphatic hydroxyl groups excluding tert-OH is 4. The lowest BCUT2D eigenvalue weighted by molar-refractivity contribution is -0.170. The third-order valence-corrected chi connectivity index (χ3v) is 16.8. The van der Waals surface area contributed by atoms with Crippen LogP contribution in [0.15, 0.2) is 66.3 Å². The highest BCUT2D eigenvalue weighted by atomic mass is 16.5. The number of allylic oxidation sites excluding steroid dienone is 5. The minimum atomic E-state index is -1.53. The number of amides is 4. The molecule has 1 aromatic carbocycles. The Morgan fingerprint density at radius 2 is 1.65 bits per heavy atom. The number of nitrogens with one attached hydrogen (secondary N) is 4. The van der Waals surface area contributed by atoms with Crippen molar-refractivity contribution in [3.8, 4) is 5.75 Å². The average molecular weight is 1110 g/mol. The minimum absolute atomic E-state index is 0.00223. The number of aliphatic hydroxyl groups is 5. The maximum absolute atomic E-state index is 14.6. The van der Waals surface area contributed by atoms with Gasteiger partial charge in [0.2, 0.25) is 17.7 Å². The number of aromatic hydroxyl groups is 1. The van der Waals surface area contributed by atoms with Gasteiger partial charge in [-0.1, -0.05) is 110 Å². The quantitative estimate of drug-likeness (QED) is 0.0588. The summed E-state index contributed by atoms with van der Waals surface area (Å²) in [7, 11) is 0. The van der Waals surface area contributed by atoms with Gasteiger partial charge < -0.3 is 56.1 Å². The lowest BCUT2D eigenvalue weighted by atomic mass is 9.72. The molecule has 4 amide bonds. The van der Waals surface area contributed by atoms with Crippen molar-refractivity contribution in [1.82, 2.24) is 26.4 Å². The number of Topliss-reactive ketones (excluding diaryl/α,β-unsaturated/α-hetero) is 1. The van der Waals surface area contributed by atoms with E-state index in [1.807, 2.05) is 52.8 Å². The van der Waals surface area contributed by atoms with Gasteiger partial charge in [-0.25, -0.2) is 5.43 Å². The summed E-state index contributed by atoms with van der Waals surface area (Å²) in [4.78, 5) is 81.9. The molecular weight excluding hydrogens is 1010 g/mol. The zero-order valence-corrected chi connectivity index (χ0v) is 48.7. The van der Waals surface area contributed by atoms with Crippen LogP contribution in [0.2, 0.25) is 0 Å². The van der Waals surface area contributed by atoms with Gasteiger partial charge in [0.15, 0.2) is 0 Å². The Morgan fingerprint density at radius 1 is 0.937 bits per heavy atom. The molecule has 2 fully saturated rings. The number of hydrazine groups is 1. The number of piperidine rings is 1. The molecule has 4 rings (SSSR count). The summed E-state index contributed by atoms with van der Waals surface area (Å²) in [5.74, 6) is -6.92. The molecule has 0 aromatic heterocycles. The molecule has 3 aliphatic heterocycles. The predicted octanol–water partition coefficient (Wildman–Crippen LogP) is 5.70. The molecule has 79 heavy (non-hydrogen) atoms. The highest BCUT2D eigenvalue weighted by Gasteiger charge is 2.49. The summed E-state index contributed by atoms with van der Waals surface area (Å²) in [6.07, 6.45) is 11.5. The first-order valence-corrected chi connectivity index (χ1v) is 28.8. The van der Waals surface area contributed by atoms with Gasteiger partial charge in [-0.15, -0.1) is 0 Å². The second-order valence-corrected chi connectivity index (χ2v) is 23.4. The van der Waals surface area contributed by atoms with Crippen LogP contribution in [-0.4, -0.2) is 132 Å². The van der Waals surface area contributed by atoms with Gasteiger partial charge in [-0.05, 0) is 119 Å². The standard InChI is InChI=1S/C61H95N5O13/c1-12-45-32-40(8)61(78,64-56(45)73)43(11)54(71)39(7)26-30-49(68)36(4)20-15-13-16-21-38(6)52-24-18-14-17-23-50(69)42(10)55(72)46(29-27-41(9)67)57(74)63-53(35(2)3)58(75)62-48(33-44-28-25-37(5)51(70)34-44)59(76)66-31-19-22-47(65-66)60(77)79-52/h13-14,16-18,21,23,25,28,34-36,39-40,42-43,45-50,52-55,65,68-72,78H,12,15,19-20,22,24,26-27,29-33H2,1-11H3,(H,62,75)(H,63,74)(H,64,73)/b16-13+,18-14+,23-17+,38-21+/t36?,39?,40-,42?,43?,45?,46?,47?,48?,49?,50-,52-,53?,54?,55?,61+/m0/s1. The van der Waals surface area contributed by atoms with E-state index in [-0.39, 0.29) is 73.3 Å². The van der Waals surface area contributed by atoms with Crippen molar-refractivity contribution in [2.24, 2.45) is 47.3 Å². The minimum Gasteiger partial charge on any atom is -0.508 e. The summed E-state index contributed by atoms with van der Waals surface area (Å²) in [5.41, 5.74) is 3.37. The fraction of sp³-hybridized carbons (Fsp3) is 0.672. The maximum atomic E-state index is 14.6. The van der Waals surface area contributed by atoms with Gasteiger partial charge in [0.05, 0.1) is 30.3 Å². The number of hydrogen-bond acceptors (Lipinski definition) is 14. The molecule has 12 unspecified atom stereocenters. The van der Waals surface area contributed by atoms with E-state index in [4.69, 9.17) is 4.74 Å². The molecule has 2 saturated heterocycles. The highest BCUT2D eigenvalue weighted by molar-refractivity contribution is 5.93. The number of benzene rings is 1. The van der Waals surface area contributed by atoms with E-state index >= 15 is 0 Å². The van der Waals surface area contributed by atoms with Crippen LogP contribution in [0.3, 0.4) is 0 Å². The van der Waals surface area contributed by atoms with Gasteiger partial charge in [-0.3, -0.25) is 29.0 Å². The summed E-state index contributed by atoms with van der Waals surface area (Å²) < 4.78 is 6.18. The number of cyclic esters (lactones) is 1. The average Bonchev–Trinajstić information content (AvgIpc) is 3.45. The Labute approximate surface area is 469 Å². The van der Waals surface area contributed by atoms with Crippen LogP contribution in [0.5, 0.6) is 5.75 Å². The zero-order chi connectivity index (χ0) is 58.9. The van der Waals surface area contributed by atoms with Crippen LogP contribution in [0.4, 0.5) is 0 Å². The molecule has 1 aromatic rings. The summed E-state index contributed by atoms with van der Waals surface area (Å²) in [5, 5.41) is 77.1. The Morgan fingerprint density at radius 3 is 2.30 bits per heavy atom. The van der Waals surface area contributed by atoms with Crippen molar-refractivity contribution in [2.45, 2.75) is 208 Å². The van der Waals surface area contributed by atoms with Crippen molar-refractivity contribution in [3.63, 3.8) is 0 Å². The van der Waals surface area contributed by atoms with Crippen molar-refractivity contribution >= 4 is 35.4 Å². The number of phenolic OH excluding ortho intramolecular Hbond substituents is 1. The number of phenols is 1. The number of ether oxygens (including phenoxy) is 1. The van der Waals surface area contributed by atoms with E-state index in [9.17, 15) is 59.4 Å². The van der Waals surface area contributed by atoms with Crippen LogP contribution in [-0.2, 0) is 39.9 Å². The molecule has 0 radical (unpaired) electrons. The number of ketones is 1. The van der Waals surface area contributed by atoms with Crippen LogP contribution in [0, 0.1) is 54.3 Å². The van der Waals surface area contributed by atoms with Gasteiger partial charge in [0, 0.05) is 49.5 Å². The maximum Gasteiger partial charge on any atom is 0.325 e. The van der Waals surface area contributed by atoms with E-state index in [0.29, 0.717) is 68.1 Å². The van der Waals surface area contributed by atoms with Gasteiger partial charge in [0.25, 0.3) is 5.91 Å². The molecule has 2 bridgehead atoms. The molecule has 3 heterocycles. The number of hydrogen-bond donors (Lipinski definition) is 10. The Hall–Kier alpha value is -5.24. The number of rotatable bonds is 19. The van der Waals surface area contributed by atoms with E-state index in [1.165, 1.54) is 24.1 Å². The van der Waals surface area contributed by atoms with Gasteiger partial charge in [-0.2, -0.15) is 0 Å². The van der Waals surface area contributed by atoms with E-state index < -0.39 is 102 Å². The largest absolute Gasteiger partial charge is 0.508 e. The topological polar surface area (TPSA) is 284 Å². The lowest BCUT2D eigenvalue weighted by Crippen LogP contribution is -2.65. The molecular formula is C61H95N5O13. The Balaban J connectivity index is 1.53. The second-order valence-electron chi connectivity index (χ2n) is 23.4. The zero-order valence-electron chi connectivity index (χ0n) is 48.7. The molecule has 16 atom stereocenters. The summed E-state index contributed by atoms with van der Waals surface area (Å²) >= 11 is 0. The lowest BCUT2D eigenvalue weighted by Gasteiger charge is -2.47. The number of carbonyl (C=O) groups is 6. The molecule has 18 nitrogen and oxygen atoms in total. The fourth-order valence-electron chi connectivity index (χ4n) is 10.8. The molecule has 10 N–H and O–H groups in total. The van der Waals surface area contributed by atoms with E-state index in [2.05, 4.69) is 21.4 Å². The summed E-state index contributed by atoms with van der Waals surface area (Å²) in [6.45, 7) is 19.6. The van der Waals surface area contributed by atoms with Crippen LogP contribution in [0.1, 0.15) is 151 Å². The molecule has 18 heteroatoms. The third kappa shape index (κ3) is 18.9. The van der Waals surface area contributed by atoms with Crippen molar-refractivity contribution in [1.29, 1.82) is 0 Å². The van der Waals surface area contributed by atoms with Crippen LogP contribution < -0.4 is 21.4 Å². The molecule has 442 valence electrons. The number of nitrogens with zero attached hydrogens (tertiary/aromatic N) is 1. The number of aryl methyl sites for hydroxylation is 1. The number of esters is 1. The van der Waals surface area contributed by atoms with Gasteiger partial charge >= 0.3 is 5.97 Å². The monoisotopic (exact) mass is 1110 g/mol. The van der Waals surface area contributed by atoms with Crippen LogP contribution >= 0.6 is 0 Å². The molecule has 3 aliphatic rings. The molecule has 0 saturated carbocycles. The predicted molar refractivity (Wildman–Crippen MR) is 302 cm³/mol. The van der Waals surface area contributed by atoms with Gasteiger partial charge in [0.1, 0.15) is 41.5 Å². The van der Waals surface area contributed by atoms with Crippen molar-refractivity contribution in [2.75, 3.05) is 6.54 Å². The van der Waals surface area contributed by atoms with Crippen molar-refractivity contribution < 1.29 is 64.1 Å². The first-order chi connectivity index (χ1) is 37.2. The first-order valence-electron chi connectivity index (χ1n) is 28.8. The number of fused-ring (bicyclic) bond motifs is 2. The normalized spacial score (nSPS) is 31.1. The smallest absolute Gasteiger partial charge is 0.325 e. The van der Waals surface area contributed by atoms with Crippen molar-refractivity contribution in [3.05, 3.63) is 77.4 Å². The Bertz CT molecular complexity index is 2340. The first kappa shape index (κ1) is 66.3. The molecule has 0 aliphatic carbocycles. The Kier molecular flexibility index (Phi) is 26.1.